The number of benzene rings is 1. The number of hydrogen-bond acceptors (Lipinski definition) is 2. The number of halogens is 1. The quantitative estimate of drug-likeness (QED) is 0.822. The lowest BCUT2D eigenvalue weighted by molar-refractivity contribution is 0.389. The Morgan fingerprint density at radius 3 is 2.67 bits per heavy atom. The van der Waals surface area contributed by atoms with Crippen LogP contribution in [0, 0.1) is 11.2 Å². The fraction of sp³-hybridized carbons (Fsp3) is 0.600. The van der Waals surface area contributed by atoms with Gasteiger partial charge < -0.3 is 10.2 Å². The average molecular weight is 248 g/mol. The highest BCUT2D eigenvalue weighted by atomic mass is 19.1. The Morgan fingerprint density at radius 1 is 1.22 bits per heavy atom. The normalized spacial score (nSPS) is 24.9. The van der Waals surface area contributed by atoms with E-state index in [0.29, 0.717) is 5.41 Å². The highest BCUT2D eigenvalue weighted by molar-refractivity contribution is 5.48. The molecule has 1 heterocycles. The molecule has 3 heteroatoms. The van der Waals surface area contributed by atoms with Gasteiger partial charge >= 0.3 is 0 Å². The molecule has 0 atom stereocenters. The van der Waals surface area contributed by atoms with Gasteiger partial charge in [0.25, 0.3) is 0 Å². The Labute approximate surface area is 108 Å². The van der Waals surface area contributed by atoms with Crippen LogP contribution < -0.4 is 10.2 Å². The van der Waals surface area contributed by atoms with Gasteiger partial charge in [-0.05, 0) is 44.9 Å². The molecule has 0 amide bonds. The SMILES string of the molecule is CC1(C)CN(c2cccc(F)c2)CC2(CC2)CN1. The van der Waals surface area contributed by atoms with Crippen molar-refractivity contribution < 1.29 is 4.39 Å². The monoisotopic (exact) mass is 248 g/mol. The third-order valence-electron chi connectivity index (χ3n) is 4.18. The lowest BCUT2D eigenvalue weighted by atomic mass is 10.1. The van der Waals surface area contributed by atoms with E-state index in [9.17, 15) is 4.39 Å². The summed E-state index contributed by atoms with van der Waals surface area (Å²) in [6, 6.07) is 6.98. The van der Waals surface area contributed by atoms with Gasteiger partial charge in [0.05, 0.1) is 0 Å². The second-order valence-electron chi connectivity index (χ2n) is 6.57. The summed E-state index contributed by atoms with van der Waals surface area (Å²) in [7, 11) is 0. The van der Waals surface area contributed by atoms with E-state index in [-0.39, 0.29) is 11.4 Å². The summed E-state index contributed by atoms with van der Waals surface area (Å²) in [5.74, 6) is -0.146. The lowest BCUT2D eigenvalue weighted by Crippen LogP contribution is -2.46. The van der Waals surface area contributed by atoms with Crippen molar-refractivity contribution in [2.75, 3.05) is 24.5 Å². The summed E-state index contributed by atoms with van der Waals surface area (Å²) >= 11 is 0. The Kier molecular flexibility index (Phi) is 2.63. The molecule has 18 heavy (non-hydrogen) atoms. The van der Waals surface area contributed by atoms with E-state index < -0.39 is 0 Å². The minimum atomic E-state index is -0.146. The summed E-state index contributed by atoms with van der Waals surface area (Å²) in [6.07, 6.45) is 2.59. The van der Waals surface area contributed by atoms with Crippen LogP contribution in [0.15, 0.2) is 24.3 Å². The van der Waals surface area contributed by atoms with Gasteiger partial charge in [-0.15, -0.1) is 0 Å². The van der Waals surface area contributed by atoms with Crippen LogP contribution in [-0.4, -0.2) is 25.2 Å². The van der Waals surface area contributed by atoms with Gasteiger partial charge in [-0.3, -0.25) is 0 Å². The highest BCUT2D eigenvalue weighted by Gasteiger charge is 2.47. The summed E-state index contributed by atoms with van der Waals surface area (Å²) in [5.41, 5.74) is 1.52. The molecule has 2 nitrogen and oxygen atoms in total. The van der Waals surface area contributed by atoms with Gasteiger partial charge in [-0.1, -0.05) is 6.07 Å². The van der Waals surface area contributed by atoms with Crippen LogP contribution in [0.25, 0.3) is 0 Å². The Morgan fingerprint density at radius 2 is 2.00 bits per heavy atom. The van der Waals surface area contributed by atoms with Crippen LogP contribution >= 0.6 is 0 Å². The van der Waals surface area contributed by atoms with Crippen molar-refractivity contribution in [2.24, 2.45) is 5.41 Å². The second kappa shape index (κ2) is 3.95. The van der Waals surface area contributed by atoms with Crippen LogP contribution in [0.3, 0.4) is 0 Å². The fourth-order valence-electron chi connectivity index (χ4n) is 2.84. The van der Waals surface area contributed by atoms with E-state index in [1.165, 1.54) is 18.9 Å². The van der Waals surface area contributed by atoms with Gasteiger partial charge in [-0.25, -0.2) is 4.39 Å². The number of nitrogens with zero attached hydrogens (tertiary/aromatic N) is 1. The molecule has 98 valence electrons. The van der Waals surface area contributed by atoms with E-state index >= 15 is 0 Å². The molecular weight excluding hydrogens is 227 g/mol. The Bertz CT molecular complexity index is 444. The molecule has 1 spiro atoms. The van der Waals surface area contributed by atoms with Crippen molar-refractivity contribution in [2.45, 2.75) is 32.2 Å². The van der Waals surface area contributed by atoms with Gasteiger partial charge in [-0.2, -0.15) is 0 Å². The molecule has 1 aromatic rings. The van der Waals surface area contributed by atoms with Crippen molar-refractivity contribution in [3.63, 3.8) is 0 Å². The first-order valence-corrected chi connectivity index (χ1v) is 6.74. The topological polar surface area (TPSA) is 15.3 Å². The summed E-state index contributed by atoms with van der Waals surface area (Å²) in [6.45, 7) is 7.51. The van der Waals surface area contributed by atoms with Crippen molar-refractivity contribution in [3.8, 4) is 0 Å². The standard InChI is InChI=1S/C15H21FN2/c1-14(2)10-18(11-15(6-7-15)9-17-14)13-5-3-4-12(16)8-13/h3-5,8,17H,6-7,9-11H2,1-2H3. The van der Waals surface area contributed by atoms with Crippen molar-refractivity contribution in [3.05, 3.63) is 30.1 Å². The molecule has 3 rings (SSSR count). The predicted octanol–water partition coefficient (Wildman–Crippen LogP) is 2.79. The molecule has 1 N–H and O–H groups in total. The van der Waals surface area contributed by atoms with E-state index in [0.717, 1.165) is 25.3 Å². The van der Waals surface area contributed by atoms with E-state index in [1.807, 2.05) is 6.07 Å². The van der Waals surface area contributed by atoms with Gasteiger partial charge in [0, 0.05) is 36.3 Å². The maximum absolute atomic E-state index is 13.4. The number of anilines is 1. The van der Waals surface area contributed by atoms with Crippen LogP contribution in [0.1, 0.15) is 26.7 Å². The van der Waals surface area contributed by atoms with Crippen LogP contribution in [0.5, 0.6) is 0 Å². The first-order valence-electron chi connectivity index (χ1n) is 6.74. The maximum Gasteiger partial charge on any atom is 0.125 e. The first-order chi connectivity index (χ1) is 8.48. The molecule has 2 fully saturated rings. The summed E-state index contributed by atoms with van der Waals surface area (Å²) in [5, 5.41) is 3.65. The van der Waals surface area contributed by atoms with Gasteiger partial charge in [0.2, 0.25) is 0 Å². The first kappa shape index (κ1) is 12.0. The van der Waals surface area contributed by atoms with Crippen LogP contribution in [-0.2, 0) is 0 Å². The van der Waals surface area contributed by atoms with Crippen molar-refractivity contribution >= 4 is 5.69 Å². The fourth-order valence-corrected chi connectivity index (χ4v) is 2.84. The molecule has 1 aliphatic heterocycles. The third kappa shape index (κ3) is 2.37. The minimum Gasteiger partial charge on any atom is -0.369 e. The molecule has 1 aliphatic carbocycles. The summed E-state index contributed by atoms with van der Waals surface area (Å²) < 4.78 is 13.4. The number of hydrogen-bond donors (Lipinski definition) is 1. The molecule has 1 saturated carbocycles. The highest BCUT2D eigenvalue weighted by Crippen LogP contribution is 2.47. The van der Waals surface area contributed by atoms with Gasteiger partial charge in [0.15, 0.2) is 0 Å². The minimum absolute atomic E-state index is 0.0818. The number of rotatable bonds is 1. The largest absolute Gasteiger partial charge is 0.369 e. The molecule has 0 bridgehead atoms. The molecule has 0 aromatic heterocycles. The zero-order valence-corrected chi connectivity index (χ0v) is 11.2. The van der Waals surface area contributed by atoms with E-state index in [4.69, 9.17) is 0 Å². The Hall–Kier alpha value is -1.09. The molecule has 2 aliphatic rings. The van der Waals surface area contributed by atoms with E-state index in [1.54, 1.807) is 12.1 Å². The molecule has 0 unspecified atom stereocenters. The third-order valence-corrected chi connectivity index (χ3v) is 4.18. The Balaban J connectivity index is 1.89. The molecule has 1 saturated heterocycles. The average Bonchev–Trinajstić information content (AvgIpc) is 3.07. The van der Waals surface area contributed by atoms with Crippen molar-refractivity contribution in [1.82, 2.24) is 5.32 Å². The van der Waals surface area contributed by atoms with Gasteiger partial charge in [0.1, 0.15) is 5.82 Å². The number of nitrogens with one attached hydrogen (secondary N) is 1. The van der Waals surface area contributed by atoms with Crippen molar-refractivity contribution in [1.29, 1.82) is 0 Å². The molecule has 1 aromatic carbocycles. The maximum atomic E-state index is 13.4. The zero-order valence-electron chi connectivity index (χ0n) is 11.2. The molecular formula is C15H21FN2. The van der Waals surface area contributed by atoms with Crippen LogP contribution in [0.2, 0.25) is 0 Å². The summed E-state index contributed by atoms with van der Waals surface area (Å²) in [4.78, 5) is 2.34. The second-order valence-corrected chi connectivity index (χ2v) is 6.57. The lowest BCUT2D eigenvalue weighted by Gasteiger charge is -2.31. The molecule has 0 radical (unpaired) electrons. The smallest absolute Gasteiger partial charge is 0.125 e. The predicted molar refractivity (Wildman–Crippen MR) is 72.4 cm³/mol. The zero-order chi connectivity index (χ0) is 12.8. The van der Waals surface area contributed by atoms with E-state index in [2.05, 4.69) is 24.1 Å². The van der Waals surface area contributed by atoms with Crippen LogP contribution in [0.4, 0.5) is 10.1 Å².